The zero-order valence-electron chi connectivity index (χ0n) is 11.9. The molecule has 3 nitrogen and oxygen atoms in total. The predicted octanol–water partition coefficient (Wildman–Crippen LogP) is 4.20. The van der Waals surface area contributed by atoms with Gasteiger partial charge in [-0.3, -0.25) is 4.79 Å². The highest BCUT2D eigenvalue weighted by atomic mass is 35.5. The monoisotopic (exact) mass is 302 g/mol. The van der Waals surface area contributed by atoms with Crippen molar-refractivity contribution in [1.29, 1.82) is 0 Å². The molecule has 1 saturated carbocycles. The Morgan fingerprint density at radius 1 is 1.24 bits per heavy atom. The number of carbonyl (C=O) groups is 1. The highest BCUT2D eigenvalue weighted by Crippen LogP contribution is 2.27. The first-order valence-corrected chi connectivity index (χ1v) is 7.95. The average Bonchev–Trinajstić information content (AvgIpc) is 3.00. The molecule has 1 heterocycles. The summed E-state index contributed by atoms with van der Waals surface area (Å²) in [5.41, 5.74) is 1.49. The van der Waals surface area contributed by atoms with Gasteiger partial charge in [0.2, 0.25) is 0 Å². The van der Waals surface area contributed by atoms with Crippen LogP contribution in [-0.4, -0.2) is 17.4 Å². The zero-order chi connectivity index (χ0) is 14.7. The Morgan fingerprint density at radius 2 is 2.05 bits per heavy atom. The maximum absolute atomic E-state index is 12.2. The summed E-state index contributed by atoms with van der Waals surface area (Å²) in [5.74, 6) is 0.790. The van der Waals surface area contributed by atoms with Crippen molar-refractivity contribution in [1.82, 2.24) is 10.3 Å². The van der Waals surface area contributed by atoms with Gasteiger partial charge < -0.3 is 5.32 Å². The Balaban J connectivity index is 1.62. The molecule has 1 amide bonds. The molecule has 1 aromatic carbocycles. The number of benzene rings is 1. The molecule has 21 heavy (non-hydrogen) atoms. The SMILES string of the molecule is O=C(NCCC1CCCC1)c1ccc2nc(Cl)ccc2c1. The Labute approximate surface area is 129 Å². The summed E-state index contributed by atoms with van der Waals surface area (Å²) in [5, 5.41) is 4.42. The van der Waals surface area contributed by atoms with Crippen LogP contribution < -0.4 is 5.32 Å². The van der Waals surface area contributed by atoms with Gasteiger partial charge in [-0.25, -0.2) is 4.98 Å². The van der Waals surface area contributed by atoms with Gasteiger partial charge in [0.05, 0.1) is 5.52 Å². The van der Waals surface area contributed by atoms with Gasteiger partial charge in [-0.1, -0.05) is 37.3 Å². The molecule has 3 rings (SSSR count). The summed E-state index contributed by atoms with van der Waals surface area (Å²) >= 11 is 5.86. The van der Waals surface area contributed by atoms with Crippen molar-refractivity contribution in [3.8, 4) is 0 Å². The minimum absolute atomic E-state index is 0.00940. The van der Waals surface area contributed by atoms with E-state index in [0.29, 0.717) is 10.7 Å². The minimum Gasteiger partial charge on any atom is -0.352 e. The molecule has 110 valence electrons. The molecule has 0 unspecified atom stereocenters. The van der Waals surface area contributed by atoms with Crippen LogP contribution in [0.3, 0.4) is 0 Å². The van der Waals surface area contributed by atoms with Crippen LogP contribution in [0.25, 0.3) is 10.9 Å². The van der Waals surface area contributed by atoms with Crippen LogP contribution in [0, 0.1) is 5.92 Å². The molecule has 0 bridgehead atoms. The molecular weight excluding hydrogens is 284 g/mol. The van der Waals surface area contributed by atoms with Crippen LogP contribution >= 0.6 is 11.6 Å². The molecule has 1 N–H and O–H groups in total. The van der Waals surface area contributed by atoms with Crippen LogP contribution in [0.15, 0.2) is 30.3 Å². The van der Waals surface area contributed by atoms with E-state index in [1.165, 1.54) is 25.7 Å². The molecular formula is C17H19ClN2O. The van der Waals surface area contributed by atoms with Crippen LogP contribution in [0.5, 0.6) is 0 Å². The molecule has 1 aliphatic carbocycles. The van der Waals surface area contributed by atoms with Gasteiger partial charge in [-0.05, 0) is 42.7 Å². The molecule has 0 aliphatic heterocycles. The highest BCUT2D eigenvalue weighted by molar-refractivity contribution is 6.29. The maximum atomic E-state index is 12.2. The lowest BCUT2D eigenvalue weighted by atomic mass is 10.0. The quantitative estimate of drug-likeness (QED) is 0.860. The van der Waals surface area contributed by atoms with E-state index in [-0.39, 0.29) is 5.91 Å². The molecule has 1 aliphatic rings. The number of aromatic nitrogens is 1. The first kappa shape index (κ1) is 14.3. The summed E-state index contributed by atoms with van der Waals surface area (Å²) in [7, 11) is 0. The second-order valence-corrected chi connectivity index (χ2v) is 6.12. The average molecular weight is 303 g/mol. The standard InChI is InChI=1S/C17H19ClN2O/c18-16-8-6-13-11-14(5-7-15(13)20-16)17(21)19-10-9-12-3-1-2-4-12/h5-8,11-12H,1-4,9-10H2,(H,19,21). The number of rotatable bonds is 4. The van der Waals surface area contributed by atoms with Crippen molar-refractivity contribution < 1.29 is 4.79 Å². The number of amides is 1. The van der Waals surface area contributed by atoms with Crippen LogP contribution in [0.1, 0.15) is 42.5 Å². The summed E-state index contributed by atoms with van der Waals surface area (Å²) in [4.78, 5) is 16.4. The predicted molar refractivity (Wildman–Crippen MR) is 85.7 cm³/mol. The van der Waals surface area contributed by atoms with Gasteiger partial charge in [0.25, 0.3) is 5.91 Å². The van der Waals surface area contributed by atoms with Crippen LogP contribution in [0.4, 0.5) is 0 Å². The Morgan fingerprint density at radius 3 is 2.86 bits per heavy atom. The van der Waals surface area contributed by atoms with Crippen molar-refractivity contribution in [2.75, 3.05) is 6.54 Å². The van der Waals surface area contributed by atoms with Gasteiger partial charge in [-0.2, -0.15) is 0 Å². The molecule has 1 aromatic heterocycles. The number of pyridine rings is 1. The smallest absolute Gasteiger partial charge is 0.251 e. The van der Waals surface area contributed by atoms with E-state index < -0.39 is 0 Å². The Hall–Kier alpha value is -1.61. The first-order chi connectivity index (χ1) is 10.2. The number of carbonyl (C=O) groups excluding carboxylic acids is 1. The van der Waals surface area contributed by atoms with Crippen molar-refractivity contribution >= 4 is 28.4 Å². The van der Waals surface area contributed by atoms with Crippen molar-refractivity contribution in [2.24, 2.45) is 5.92 Å². The van der Waals surface area contributed by atoms with Crippen LogP contribution in [0.2, 0.25) is 5.15 Å². The second-order valence-electron chi connectivity index (χ2n) is 5.74. The summed E-state index contributed by atoms with van der Waals surface area (Å²) in [6, 6.07) is 9.14. The molecule has 0 saturated heterocycles. The summed E-state index contributed by atoms with van der Waals surface area (Å²) < 4.78 is 0. The minimum atomic E-state index is -0.00940. The number of hydrogen-bond acceptors (Lipinski definition) is 2. The van der Waals surface area contributed by atoms with E-state index in [0.717, 1.165) is 29.8 Å². The Kier molecular flexibility index (Phi) is 4.39. The Bertz CT molecular complexity index is 650. The van der Waals surface area contributed by atoms with E-state index in [2.05, 4.69) is 10.3 Å². The zero-order valence-corrected chi connectivity index (χ0v) is 12.7. The third-order valence-electron chi connectivity index (χ3n) is 4.23. The fourth-order valence-electron chi connectivity index (χ4n) is 3.03. The molecule has 2 aromatic rings. The lowest BCUT2D eigenvalue weighted by Gasteiger charge is -2.10. The highest BCUT2D eigenvalue weighted by Gasteiger charge is 2.15. The van der Waals surface area contributed by atoms with Crippen LogP contribution in [-0.2, 0) is 0 Å². The second kappa shape index (κ2) is 6.44. The van der Waals surface area contributed by atoms with E-state index in [1.807, 2.05) is 18.2 Å². The fourth-order valence-corrected chi connectivity index (χ4v) is 3.19. The largest absolute Gasteiger partial charge is 0.352 e. The number of hydrogen-bond donors (Lipinski definition) is 1. The van der Waals surface area contributed by atoms with Crippen molar-refractivity contribution in [2.45, 2.75) is 32.1 Å². The third-order valence-corrected chi connectivity index (χ3v) is 4.44. The molecule has 1 fully saturated rings. The molecule has 0 radical (unpaired) electrons. The van der Waals surface area contributed by atoms with Gasteiger partial charge in [0.15, 0.2) is 0 Å². The topological polar surface area (TPSA) is 42.0 Å². The number of nitrogens with zero attached hydrogens (tertiary/aromatic N) is 1. The lowest BCUT2D eigenvalue weighted by Crippen LogP contribution is -2.25. The third kappa shape index (κ3) is 3.53. The first-order valence-electron chi connectivity index (χ1n) is 7.57. The number of nitrogens with one attached hydrogen (secondary N) is 1. The number of fused-ring (bicyclic) bond motifs is 1. The van der Waals surface area contributed by atoms with Gasteiger partial charge in [-0.15, -0.1) is 0 Å². The van der Waals surface area contributed by atoms with Gasteiger partial charge >= 0.3 is 0 Å². The van der Waals surface area contributed by atoms with Crippen molar-refractivity contribution in [3.63, 3.8) is 0 Å². The van der Waals surface area contributed by atoms with E-state index >= 15 is 0 Å². The maximum Gasteiger partial charge on any atom is 0.251 e. The fraction of sp³-hybridized carbons (Fsp3) is 0.412. The molecule has 0 spiro atoms. The number of halogens is 1. The van der Waals surface area contributed by atoms with E-state index in [1.54, 1.807) is 12.1 Å². The van der Waals surface area contributed by atoms with Gasteiger partial charge in [0, 0.05) is 17.5 Å². The van der Waals surface area contributed by atoms with Crippen molar-refractivity contribution in [3.05, 3.63) is 41.0 Å². The lowest BCUT2D eigenvalue weighted by molar-refractivity contribution is 0.0951. The molecule has 0 atom stereocenters. The van der Waals surface area contributed by atoms with E-state index in [9.17, 15) is 4.79 Å². The summed E-state index contributed by atoms with van der Waals surface area (Å²) in [6.45, 7) is 0.764. The molecule has 4 heteroatoms. The normalized spacial score (nSPS) is 15.5. The van der Waals surface area contributed by atoms with Gasteiger partial charge in [0.1, 0.15) is 5.15 Å². The van der Waals surface area contributed by atoms with E-state index in [4.69, 9.17) is 11.6 Å². The summed E-state index contributed by atoms with van der Waals surface area (Å²) in [6.07, 6.45) is 6.42.